The third kappa shape index (κ3) is 3.90. The van der Waals surface area contributed by atoms with Crippen LogP contribution in [0.5, 0.6) is 0 Å². The zero-order valence-corrected chi connectivity index (χ0v) is 17.0. The van der Waals surface area contributed by atoms with Gasteiger partial charge in [-0.3, -0.25) is 5.32 Å². The second kappa shape index (κ2) is 7.74. The highest BCUT2D eigenvalue weighted by atomic mass is 79.9. The van der Waals surface area contributed by atoms with Gasteiger partial charge in [0.05, 0.1) is 0 Å². The standard InChI is InChI=1S/C21H17Br2N3/c22-17-11-16(12-18(23)13-17)21-25-19(14-7-3-1-4-8-14)24-20(26-21)15-9-5-2-6-10-15/h1-13,19,21,25H,(H,24,26). The van der Waals surface area contributed by atoms with E-state index in [1.54, 1.807) is 0 Å². The molecule has 0 spiro atoms. The molecule has 1 aliphatic rings. The van der Waals surface area contributed by atoms with Crippen LogP contribution in [0.4, 0.5) is 0 Å². The molecular weight excluding hydrogens is 454 g/mol. The summed E-state index contributed by atoms with van der Waals surface area (Å²) in [6.45, 7) is 0. The van der Waals surface area contributed by atoms with Crippen molar-refractivity contribution >= 4 is 37.7 Å². The van der Waals surface area contributed by atoms with Gasteiger partial charge in [-0.2, -0.15) is 0 Å². The predicted octanol–water partition coefficient (Wildman–Crippen LogP) is 5.55. The predicted molar refractivity (Wildman–Crippen MR) is 113 cm³/mol. The Morgan fingerprint density at radius 3 is 2.00 bits per heavy atom. The van der Waals surface area contributed by atoms with E-state index < -0.39 is 0 Å². The van der Waals surface area contributed by atoms with Crippen molar-refractivity contribution in [2.75, 3.05) is 0 Å². The number of aliphatic imine (C=N–C) groups is 1. The number of nitrogens with zero attached hydrogens (tertiary/aromatic N) is 1. The Hall–Kier alpha value is -1.95. The molecular formula is C21H17Br2N3. The lowest BCUT2D eigenvalue weighted by molar-refractivity contribution is 0.409. The molecule has 0 saturated carbocycles. The number of rotatable bonds is 3. The zero-order chi connectivity index (χ0) is 17.9. The van der Waals surface area contributed by atoms with Crippen LogP contribution in [0.15, 0.2) is 92.8 Å². The molecule has 130 valence electrons. The van der Waals surface area contributed by atoms with Crippen LogP contribution in [0.2, 0.25) is 0 Å². The lowest BCUT2D eigenvalue weighted by Gasteiger charge is -2.32. The van der Waals surface area contributed by atoms with Gasteiger partial charge in [0.25, 0.3) is 0 Å². The van der Waals surface area contributed by atoms with Crippen LogP contribution >= 0.6 is 31.9 Å². The monoisotopic (exact) mass is 469 g/mol. The van der Waals surface area contributed by atoms with Crippen molar-refractivity contribution in [2.24, 2.45) is 4.99 Å². The lowest BCUT2D eigenvalue weighted by atomic mass is 10.1. The molecule has 1 heterocycles. The number of amidine groups is 1. The third-order valence-electron chi connectivity index (χ3n) is 4.24. The highest BCUT2D eigenvalue weighted by Gasteiger charge is 2.25. The van der Waals surface area contributed by atoms with Crippen LogP contribution in [0, 0.1) is 0 Å². The normalized spacial score (nSPS) is 19.5. The third-order valence-corrected chi connectivity index (χ3v) is 5.16. The van der Waals surface area contributed by atoms with Crippen molar-refractivity contribution in [3.05, 3.63) is 104 Å². The highest BCUT2D eigenvalue weighted by Crippen LogP contribution is 2.29. The molecule has 0 saturated heterocycles. The first-order valence-electron chi connectivity index (χ1n) is 8.36. The summed E-state index contributed by atoms with van der Waals surface area (Å²) in [7, 11) is 0. The maximum atomic E-state index is 4.93. The summed E-state index contributed by atoms with van der Waals surface area (Å²) in [4.78, 5) is 4.93. The number of hydrogen-bond donors (Lipinski definition) is 2. The fraction of sp³-hybridized carbons (Fsp3) is 0.0952. The summed E-state index contributed by atoms with van der Waals surface area (Å²) in [6, 6.07) is 26.8. The first-order valence-corrected chi connectivity index (χ1v) is 9.94. The van der Waals surface area contributed by atoms with Gasteiger partial charge < -0.3 is 5.32 Å². The van der Waals surface area contributed by atoms with Crippen LogP contribution in [0.1, 0.15) is 29.0 Å². The minimum Gasteiger partial charge on any atom is -0.350 e. The second-order valence-corrected chi connectivity index (χ2v) is 7.94. The van der Waals surface area contributed by atoms with Crippen molar-refractivity contribution in [2.45, 2.75) is 12.3 Å². The van der Waals surface area contributed by atoms with E-state index in [9.17, 15) is 0 Å². The van der Waals surface area contributed by atoms with Crippen LogP contribution in [-0.4, -0.2) is 5.84 Å². The summed E-state index contributed by atoms with van der Waals surface area (Å²) in [5, 5.41) is 7.13. The van der Waals surface area contributed by atoms with Crippen LogP contribution in [0.3, 0.4) is 0 Å². The Morgan fingerprint density at radius 1 is 0.731 bits per heavy atom. The smallest absolute Gasteiger partial charge is 0.131 e. The molecule has 5 heteroatoms. The van der Waals surface area contributed by atoms with E-state index in [1.165, 1.54) is 5.56 Å². The molecule has 3 aromatic rings. The Labute approximate surface area is 169 Å². The van der Waals surface area contributed by atoms with E-state index in [-0.39, 0.29) is 12.3 Å². The molecule has 0 aliphatic carbocycles. The van der Waals surface area contributed by atoms with Gasteiger partial charge in [0.2, 0.25) is 0 Å². The number of nitrogens with one attached hydrogen (secondary N) is 2. The molecule has 4 rings (SSSR count). The van der Waals surface area contributed by atoms with E-state index in [2.05, 4.69) is 91.0 Å². The summed E-state index contributed by atoms with van der Waals surface area (Å²) in [5.41, 5.74) is 3.35. The fourth-order valence-corrected chi connectivity index (χ4v) is 4.35. The summed E-state index contributed by atoms with van der Waals surface area (Å²) in [5.74, 6) is 0.888. The number of benzene rings is 3. The number of halogens is 2. The molecule has 0 aromatic heterocycles. The lowest BCUT2D eigenvalue weighted by Crippen LogP contribution is -2.44. The van der Waals surface area contributed by atoms with E-state index in [0.717, 1.165) is 25.9 Å². The van der Waals surface area contributed by atoms with Gasteiger partial charge in [0.1, 0.15) is 18.2 Å². The van der Waals surface area contributed by atoms with Gasteiger partial charge >= 0.3 is 0 Å². The van der Waals surface area contributed by atoms with E-state index in [4.69, 9.17) is 4.99 Å². The van der Waals surface area contributed by atoms with Crippen molar-refractivity contribution in [3.8, 4) is 0 Å². The Morgan fingerprint density at radius 2 is 1.35 bits per heavy atom. The van der Waals surface area contributed by atoms with Gasteiger partial charge in [-0.05, 0) is 29.3 Å². The Bertz CT molecular complexity index is 906. The van der Waals surface area contributed by atoms with Gasteiger partial charge in [0, 0.05) is 14.5 Å². The molecule has 2 unspecified atom stereocenters. The van der Waals surface area contributed by atoms with E-state index >= 15 is 0 Å². The van der Waals surface area contributed by atoms with Crippen LogP contribution in [-0.2, 0) is 0 Å². The summed E-state index contributed by atoms with van der Waals surface area (Å²) in [6.07, 6.45) is -0.169. The van der Waals surface area contributed by atoms with Crippen molar-refractivity contribution < 1.29 is 0 Å². The molecule has 0 amide bonds. The minimum absolute atomic E-state index is 0.0216. The number of hydrogen-bond acceptors (Lipinski definition) is 3. The second-order valence-electron chi connectivity index (χ2n) is 6.10. The fourth-order valence-electron chi connectivity index (χ4n) is 3.02. The van der Waals surface area contributed by atoms with Crippen LogP contribution in [0.25, 0.3) is 0 Å². The van der Waals surface area contributed by atoms with Crippen LogP contribution < -0.4 is 10.6 Å². The molecule has 0 fully saturated rings. The molecule has 0 radical (unpaired) electrons. The molecule has 26 heavy (non-hydrogen) atoms. The largest absolute Gasteiger partial charge is 0.350 e. The quantitative estimate of drug-likeness (QED) is 0.526. The van der Waals surface area contributed by atoms with Gasteiger partial charge in [-0.15, -0.1) is 0 Å². The molecule has 3 nitrogen and oxygen atoms in total. The van der Waals surface area contributed by atoms with E-state index in [1.807, 2.05) is 30.3 Å². The molecule has 3 aromatic carbocycles. The van der Waals surface area contributed by atoms with Crippen molar-refractivity contribution in [3.63, 3.8) is 0 Å². The zero-order valence-electron chi connectivity index (χ0n) is 13.9. The highest BCUT2D eigenvalue weighted by molar-refractivity contribution is 9.11. The Kier molecular flexibility index (Phi) is 5.20. The summed E-state index contributed by atoms with van der Waals surface area (Å²) < 4.78 is 2.05. The van der Waals surface area contributed by atoms with E-state index in [0.29, 0.717) is 0 Å². The minimum atomic E-state index is -0.148. The van der Waals surface area contributed by atoms with Gasteiger partial charge in [0.15, 0.2) is 0 Å². The molecule has 1 aliphatic heterocycles. The topological polar surface area (TPSA) is 36.4 Å². The Balaban J connectivity index is 1.76. The van der Waals surface area contributed by atoms with Gasteiger partial charge in [-0.25, -0.2) is 4.99 Å². The SMILES string of the molecule is Brc1cc(Br)cc(C2N=C(c3ccccc3)NC(c3ccccc3)N2)c1. The first kappa shape index (κ1) is 17.5. The maximum Gasteiger partial charge on any atom is 0.131 e. The molecule has 0 bridgehead atoms. The first-order chi connectivity index (χ1) is 12.7. The average molecular weight is 471 g/mol. The van der Waals surface area contributed by atoms with Crippen molar-refractivity contribution in [1.29, 1.82) is 0 Å². The van der Waals surface area contributed by atoms with Crippen molar-refractivity contribution in [1.82, 2.24) is 10.6 Å². The maximum absolute atomic E-state index is 4.93. The van der Waals surface area contributed by atoms with Gasteiger partial charge in [-0.1, -0.05) is 92.5 Å². The summed E-state index contributed by atoms with van der Waals surface area (Å²) >= 11 is 7.16. The molecule has 2 N–H and O–H groups in total. The average Bonchev–Trinajstić information content (AvgIpc) is 2.68. The molecule has 2 atom stereocenters.